The zero-order chi connectivity index (χ0) is 29.1. The van der Waals surface area contributed by atoms with Gasteiger partial charge in [-0.3, -0.25) is 9.69 Å². The molecule has 1 aliphatic heterocycles. The number of fused-ring (bicyclic) bond motifs is 3. The summed E-state index contributed by atoms with van der Waals surface area (Å²) in [6, 6.07) is 4.91. The van der Waals surface area contributed by atoms with E-state index in [1.807, 2.05) is 26.1 Å². The lowest BCUT2D eigenvalue weighted by Crippen LogP contribution is -2.50. The second kappa shape index (κ2) is 10.9. The van der Waals surface area contributed by atoms with E-state index in [1.54, 1.807) is 4.90 Å². The normalized spacial score (nSPS) is 23.3. The van der Waals surface area contributed by atoms with Crippen molar-refractivity contribution in [2.24, 2.45) is 11.3 Å². The molecule has 1 aromatic carbocycles. The molecule has 2 aliphatic carbocycles. The van der Waals surface area contributed by atoms with E-state index in [0.29, 0.717) is 25.4 Å². The van der Waals surface area contributed by atoms with Gasteiger partial charge in [0, 0.05) is 56.2 Å². The molecule has 2 aromatic heterocycles. The highest BCUT2D eigenvalue weighted by Gasteiger charge is 2.54. The van der Waals surface area contributed by atoms with Crippen LogP contribution in [0.25, 0.3) is 22.6 Å². The highest BCUT2D eigenvalue weighted by molar-refractivity contribution is 9.10. The van der Waals surface area contributed by atoms with Gasteiger partial charge in [0.2, 0.25) is 5.91 Å². The molecule has 1 saturated heterocycles. The van der Waals surface area contributed by atoms with E-state index in [0.717, 1.165) is 77.2 Å². The van der Waals surface area contributed by atoms with Crippen LogP contribution < -0.4 is 4.90 Å². The predicted octanol–water partition coefficient (Wildman–Crippen LogP) is 5.31. The van der Waals surface area contributed by atoms with Crippen LogP contribution in [-0.4, -0.2) is 84.6 Å². The summed E-state index contributed by atoms with van der Waals surface area (Å²) in [7, 11) is 0.687. The number of ether oxygens (including phenoxy) is 2. The number of anilines is 1. The van der Waals surface area contributed by atoms with E-state index >= 15 is 0 Å². The number of imidazole rings is 1. The summed E-state index contributed by atoms with van der Waals surface area (Å²) < 4.78 is 14.6. The number of rotatable bonds is 9. The van der Waals surface area contributed by atoms with Gasteiger partial charge in [-0.1, -0.05) is 26.6 Å². The van der Waals surface area contributed by atoms with Crippen molar-refractivity contribution in [2.45, 2.75) is 71.6 Å². The van der Waals surface area contributed by atoms with Crippen LogP contribution in [0.5, 0.6) is 0 Å². The van der Waals surface area contributed by atoms with Gasteiger partial charge in [-0.15, -0.1) is 0 Å². The van der Waals surface area contributed by atoms with Crippen molar-refractivity contribution in [3.63, 3.8) is 0 Å². The average molecular weight is 644 g/mol. The van der Waals surface area contributed by atoms with Gasteiger partial charge in [-0.2, -0.15) is 5.10 Å². The largest absolute Gasteiger partial charge is 0.379 e. The first-order valence-corrected chi connectivity index (χ1v) is 19.4. The SMILES string of the molecule is CC(C(=O)N(C)c1cc(Br)c2[nH]c(-c3nn(COCC[Si](C)(C)C)c4c3C[C@@H]3C[C@]3(C)C4)nc2c1)N1CCOCC1. The summed E-state index contributed by atoms with van der Waals surface area (Å²) in [6.45, 7) is 15.6. The Morgan fingerprint density at radius 3 is 2.80 bits per heavy atom. The van der Waals surface area contributed by atoms with E-state index < -0.39 is 8.07 Å². The zero-order valence-electron chi connectivity index (χ0n) is 25.2. The summed E-state index contributed by atoms with van der Waals surface area (Å²) in [5.41, 5.74) is 6.45. The number of aromatic nitrogens is 4. The number of nitrogens with one attached hydrogen (secondary N) is 1. The lowest BCUT2D eigenvalue weighted by molar-refractivity contribution is -0.124. The van der Waals surface area contributed by atoms with Crippen molar-refractivity contribution in [1.29, 1.82) is 0 Å². The summed E-state index contributed by atoms with van der Waals surface area (Å²) in [5.74, 6) is 1.55. The number of carbonyl (C=O) groups excluding carboxylic acids is 1. The summed E-state index contributed by atoms with van der Waals surface area (Å²) >= 11 is 3.75. The average Bonchev–Trinajstić information content (AvgIpc) is 3.24. The first-order valence-electron chi connectivity index (χ1n) is 14.9. The molecule has 0 spiro atoms. The lowest BCUT2D eigenvalue weighted by Gasteiger charge is -2.33. The molecule has 3 aromatic rings. The van der Waals surface area contributed by atoms with Crippen molar-refractivity contribution in [3.05, 3.63) is 27.9 Å². The van der Waals surface area contributed by atoms with Crippen molar-refractivity contribution in [1.82, 2.24) is 24.6 Å². The minimum absolute atomic E-state index is 0.0586. The van der Waals surface area contributed by atoms with Gasteiger partial charge in [-0.05, 0) is 71.6 Å². The number of benzene rings is 1. The minimum atomic E-state index is -1.15. The maximum absolute atomic E-state index is 13.4. The molecule has 0 bridgehead atoms. The van der Waals surface area contributed by atoms with E-state index in [4.69, 9.17) is 19.6 Å². The number of H-pyrrole nitrogens is 1. The molecule has 3 heterocycles. The third-order valence-electron chi connectivity index (χ3n) is 9.36. The van der Waals surface area contributed by atoms with E-state index in [1.165, 1.54) is 17.7 Å². The second-order valence-electron chi connectivity index (χ2n) is 13.7. The third kappa shape index (κ3) is 5.80. The molecule has 3 atom stereocenters. The summed E-state index contributed by atoms with van der Waals surface area (Å²) in [5, 5.41) is 5.08. The molecule has 6 rings (SSSR count). The van der Waals surface area contributed by atoms with E-state index in [9.17, 15) is 4.79 Å². The highest BCUT2D eigenvalue weighted by atomic mass is 79.9. The molecule has 41 heavy (non-hydrogen) atoms. The van der Waals surface area contributed by atoms with Crippen molar-refractivity contribution >= 4 is 46.6 Å². The number of nitrogens with zero attached hydrogens (tertiary/aromatic N) is 5. The van der Waals surface area contributed by atoms with E-state index in [-0.39, 0.29) is 11.9 Å². The third-order valence-corrected chi connectivity index (χ3v) is 11.7. The molecular weight excluding hydrogens is 600 g/mol. The van der Waals surface area contributed by atoms with Gasteiger partial charge in [-0.25, -0.2) is 9.67 Å². The summed E-state index contributed by atoms with van der Waals surface area (Å²) in [4.78, 5) is 25.9. The Labute approximate surface area is 252 Å². The molecule has 11 heteroatoms. The number of amides is 1. The fourth-order valence-electron chi connectivity index (χ4n) is 6.33. The Bertz CT molecular complexity index is 1460. The van der Waals surface area contributed by atoms with Gasteiger partial charge in [0.25, 0.3) is 0 Å². The predicted molar refractivity (Wildman–Crippen MR) is 168 cm³/mol. The smallest absolute Gasteiger partial charge is 0.243 e. The van der Waals surface area contributed by atoms with E-state index in [2.05, 4.69) is 57.1 Å². The first kappa shape index (κ1) is 29.0. The van der Waals surface area contributed by atoms with Crippen LogP contribution in [0, 0.1) is 11.3 Å². The number of morpholine rings is 1. The Hall–Kier alpha value is -2.05. The number of hydrogen-bond donors (Lipinski definition) is 1. The molecular formula is C30H43BrN6O3Si. The van der Waals surface area contributed by atoms with Gasteiger partial charge in [0.05, 0.1) is 30.3 Å². The molecule has 0 radical (unpaired) electrons. The van der Waals surface area contributed by atoms with Gasteiger partial charge in [0.1, 0.15) is 12.4 Å². The topological polar surface area (TPSA) is 88.5 Å². The number of halogens is 1. The molecule has 3 aliphatic rings. The summed E-state index contributed by atoms with van der Waals surface area (Å²) in [6.07, 6.45) is 3.35. The Morgan fingerprint density at radius 2 is 2.07 bits per heavy atom. The second-order valence-corrected chi connectivity index (χ2v) is 20.2. The van der Waals surface area contributed by atoms with Crippen LogP contribution in [0.15, 0.2) is 16.6 Å². The van der Waals surface area contributed by atoms with Crippen LogP contribution in [0.4, 0.5) is 5.69 Å². The first-order chi connectivity index (χ1) is 19.4. The maximum atomic E-state index is 13.4. The Kier molecular flexibility index (Phi) is 7.72. The Morgan fingerprint density at radius 1 is 1.32 bits per heavy atom. The highest BCUT2D eigenvalue weighted by Crippen LogP contribution is 2.60. The fraction of sp³-hybridized carbons (Fsp3) is 0.633. The van der Waals surface area contributed by atoms with Gasteiger partial charge < -0.3 is 19.4 Å². The maximum Gasteiger partial charge on any atom is 0.243 e. The van der Waals surface area contributed by atoms with Crippen LogP contribution in [0.3, 0.4) is 0 Å². The van der Waals surface area contributed by atoms with Crippen molar-refractivity contribution in [3.8, 4) is 11.5 Å². The minimum Gasteiger partial charge on any atom is -0.379 e. The number of aromatic amines is 1. The van der Waals surface area contributed by atoms with Crippen LogP contribution in [0.1, 0.15) is 31.5 Å². The van der Waals surface area contributed by atoms with Gasteiger partial charge in [0.15, 0.2) is 5.82 Å². The van der Waals surface area contributed by atoms with Crippen LogP contribution in [-0.2, 0) is 33.8 Å². The molecule has 222 valence electrons. The molecule has 1 amide bonds. The Balaban J connectivity index is 1.27. The lowest BCUT2D eigenvalue weighted by atomic mass is 9.87. The molecule has 1 unspecified atom stereocenters. The quantitative estimate of drug-likeness (QED) is 0.251. The number of likely N-dealkylation sites (N-methyl/N-ethyl adjacent to an activating group) is 1. The molecule has 9 nitrogen and oxygen atoms in total. The van der Waals surface area contributed by atoms with Crippen LogP contribution in [0.2, 0.25) is 25.7 Å². The number of carbonyl (C=O) groups is 1. The molecule has 1 saturated carbocycles. The standard InChI is InChI=1S/C30H43BrN6O3Si/c1-19(36-7-9-39-10-8-36)29(38)35(3)21-14-23(31)27-24(15-21)32-28(33-27)26-22-13-20-16-30(20,2)17-25(22)37(34-26)18-40-11-12-41(4,5)6/h14-15,19-20H,7-13,16-18H2,1-6H3,(H,32,33)/t19?,20-,30-/m1/s1. The zero-order valence-corrected chi connectivity index (χ0v) is 27.8. The van der Waals surface area contributed by atoms with Crippen molar-refractivity contribution < 1.29 is 14.3 Å². The van der Waals surface area contributed by atoms with Crippen LogP contribution >= 0.6 is 15.9 Å². The van der Waals surface area contributed by atoms with Crippen molar-refractivity contribution in [2.75, 3.05) is 44.9 Å². The number of hydrogen-bond acceptors (Lipinski definition) is 6. The van der Waals surface area contributed by atoms with Gasteiger partial charge >= 0.3 is 0 Å². The molecule has 1 N–H and O–H groups in total. The molecule has 2 fully saturated rings. The monoisotopic (exact) mass is 642 g/mol. The fourth-order valence-corrected chi connectivity index (χ4v) is 7.63.